The van der Waals surface area contributed by atoms with Crippen LogP contribution in [0.1, 0.15) is 32.1 Å². The monoisotopic (exact) mass is 302 g/mol. The predicted molar refractivity (Wildman–Crippen MR) is 67.6 cm³/mol. The fourth-order valence-electron chi connectivity index (χ4n) is 2.16. The Morgan fingerprint density at radius 2 is 2.00 bits per heavy atom. The Hall–Kier alpha value is -0.610. The first-order valence-electron chi connectivity index (χ1n) is 5.89. The smallest absolute Gasteiger partial charge is 0.166 e. The van der Waals surface area contributed by atoms with Gasteiger partial charge in [-0.25, -0.2) is 4.39 Å². The van der Waals surface area contributed by atoms with E-state index >= 15 is 0 Å². The average Bonchev–Trinajstić information content (AvgIpc) is 2.29. The van der Waals surface area contributed by atoms with Gasteiger partial charge in [0.15, 0.2) is 11.6 Å². The summed E-state index contributed by atoms with van der Waals surface area (Å²) >= 11 is 3.19. The van der Waals surface area contributed by atoms with E-state index in [0.717, 1.165) is 32.1 Å². The summed E-state index contributed by atoms with van der Waals surface area (Å²) in [6.07, 6.45) is 4.68. The van der Waals surface area contributed by atoms with Crippen molar-refractivity contribution in [2.75, 3.05) is 6.61 Å². The zero-order valence-electron chi connectivity index (χ0n) is 9.59. The topological polar surface area (TPSA) is 29.5 Å². The molecule has 94 valence electrons. The molecule has 0 aliphatic heterocycles. The molecule has 0 bridgehead atoms. The van der Waals surface area contributed by atoms with Gasteiger partial charge in [-0.2, -0.15) is 0 Å². The number of benzene rings is 1. The molecule has 0 radical (unpaired) electrons. The van der Waals surface area contributed by atoms with Gasteiger partial charge in [0.2, 0.25) is 0 Å². The molecule has 0 saturated heterocycles. The lowest BCUT2D eigenvalue weighted by molar-refractivity contribution is -0.0347. The van der Waals surface area contributed by atoms with Crippen LogP contribution < -0.4 is 4.74 Å². The van der Waals surface area contributed by atoms with Gasteiger partial charge in [0.1, 0.15) is 6.61 Å². The van der Waals surface area contributed by atoms with E-state index in [1.165, 1.54) is 6.07 Å². The highest BCUT2D eigenvalue weighted by Crippen LogP contribution is 2.29. The molecule has 1 aliphatic carbocycles. The average molecular weight is 303 g/mol. The van der Waals surface area contributed by atoms with E-state index in [9.17, 15) is 9.50 Å². The van der Waals surface area contributed by atoms with Crippen molar-refractivity contribution in [3.8, 4) is 5.75 Å². The lowest BCUT2D eigenvalue weighted by Crippen LogP contribution is -2.38. The minimum Gasteiger partial charge on any atom is -0.488 e. The van der Waals surface area contributed by atoms with Crippen LogP contribution >= 0.6 is 15.9 Å². The second-order valence-corrected chi connectivity index (χ2v) is 5.56. The fourth-order valence-corrected chi connectivity index (χ4v) is 2.49. The van der Waals surface area contributed by atoms with Gasteiger partial charge >= 0.3 is 0 Å². The van der Waals surface area contributed by atoms with Gasteiger partial charge in [0, 0.05) is 4.47 Å². The summed E-state index contributed by atoms with van der Waals surface area (Å²) in [5, 5.41) is 10.2. The van der Waals surface area contributed by atoms with Crippen LogP contribution in [-0.4, -0.2) is 17.3 Å². The predicted octanol–water partition coefficient (Wildman–Crippen LogP) is 3.66. The highest BCUT2D eigenvalue weighted by atomic mass is 79.9. The van der Waals surface area contributed by atoms with Crippen molar-refractivity contribution >= 4 is 15.9 Å². The Bertz CT molecular complexity index is 389. The molecule has 0 amide bonds. The van der Waals surface area contributed by atoms with Gasteiger partial charge in [0.25, 0.3) is 0 Å². The summed E-state index contributed by atoms with van der Waals surface area (Å²) < 4.78 is 19.6. The lowest BCUT2D eigenvalue weighted by Gasteiger charge is -2.31. The first-order chi connectivity index (χ1) is 8.09. The van der Waals surface area contributed by atoms with Crippen molar-refractivity contribution in [1.29, 1.82) is 0 Å². The van der Waals surface area contributed by atoms with Crippen LogP contribution in [0.4, 0.5) is 4.39 Å². The molecule has 1 N–H and O–H groups in total. The Balaban J connectivity index is 1.97. The Morgan fingerprint density at radius 3 is 2.65 bits per heavy atom. The Morgan fingerprint density at radius 1 is 1.29 bits per heavy atom. The van der Waals surface area contributed by atoms with Gasteiger partial charge in [-0.3, -0.25) is 0 Å². The molecule has 4 heteroatoms. The molecule has 0 unspecified atom stereocenters. The van der Waals surface area contributed by atoms with Crippen molar-refractivity contribution in [2.45, 2.75) is 37.7 Å². The largest absolute Gasteiger partial charge is 0.488 e. The summed E-state index contributed by atoms with van der Waals surface area (Å²) in [5.41, 5.74) is -0.780. The van der Waals surface area contributed by atoms with Crippen molar-refractivity contribution in [3.63, 3.8) is 0 Å². The molecule has 2 rings (SSSR count). The summed E-state index contributed by atoms with van der Waals surface area (Å²) in [5.74, 6) is -0.203. The van der Waals surface area contributed by atoms with E-state index in [4.69, 9.17) is 4.74 Å². The van der Waals surface area contributed by atoms with Gasteiger partial charge < -0.3 is 9.84 Å². The third kappa shape index (κ3) is 3.42. The van der Waals surface area contributed by atoms with E-state index in [2.05, 4.69) is 15.9 Å². The van der Waals surface area contributed by atoms with E-state index in [-0.39, 0.29) is 12.4 Å². The van der Waals surface area contributed by atoms with Gasteiger partial charge in [-0.15, -0.1) is 0 Å². The molecule has 0 aromatic heterocycles. The number of hydrogen-bond donors (Lipinski definition) is 1. The molecule has 1 aliphatic rings. The molecular weight excluding hydrogens is 287 g/mol. The van der Waals surface area contributed by atoms with Crippen LogP contribution in [0.5, 0.6) is 5.75 Å². The lowest BCUT2D eigenvalue weighted by atomic mass is 9.85. The summed E-state index contributed by atoms with van der Waals surface area (Å²) in [6.45, 7) is 0.172. The SMILES string of the molecule is OC1(COc2ccc(Br)cc2F)CCCCC1. The number of halogens is 2. The number of ether oxygens (including phenoxy) is 1. The van der Waals surface area contributed by atoms with E-state index in [0.29, 0.717) is 4.47 Å². The fraction of sp³-hybridized carbons (Fsp3) is 0.538. The van der Waals surface area contributed by atoms with Crippen LogP contribution in [0.2, 0.25) is 0 Å². The van der Waals surface area contributed by atoms with Crippen molar-refractivity contribution in [1.82, 2.24) is 0 Å². The molecule has 1 saturated carbocycles. The number of aliphatic hydroxyl groups is 1. The number of hydrogen-bond acceptors (Lipinski definition) is 2. The second-order valence-electron chi connectivity index (χ2n) is 4.65. The van der Waals surface area contributed by atoms with E-state index in [1.54, 1.807) is 12.1 Å². The van der Waals surface area contributed by atoms with Crippen LogP contribution in [0.25, 0.3) is 0 Å². The van der Waals surface area contributed by atoms with Crippen LogP contribution in [0.3, 0.4) is 0 Å². The summed E-state index contributed by atoms with van der Waals surface area (Å²) in [7, 11) is 0. The van der Waals surface area contributed by atoms with E-state index < -0.39 is 11.4 Å². The van der Waals surface area contributed by atoms with Crippen LogP contribution in [-0.2, 0) is 0 Å². The molecule has 0 heterocycles. The molecule has 1 aromatic rings. The summed E-state index contributed by atoms with van der Waals surface area (Å²) in [4.78, 5) is 0. The van der Waals surface area contributed by atoms with Gasteiger partial charge in [0.05, 0.1) is 5.60 Å². The third-order valence-electron chi connectivity index (χ3n) is 3.17. The van der Waals surface area contributed by atoms with Crippen molar-refractivity contribution < 1.29 is 14.2 Å². The normalized spacial score (nSPS) is 19.0. The third-order valence-corrected chi connectivity index (χ3v) is 3.67. The Kier molecular flexibility index (Phi) is 4.05. The standard InChI is InChI=1S/C13H16BrFO2/c14-10-4-5-12(11(15)8-10)17-9-13(16)6-2-1-3-7-13/h4-5,8,16H,1-3,6-7,9H2. The molecule has 2 nitrogen and oxygen atoms in total. The quantitative estimate of drug-likeness (QED) is 0.923. The first kappa shape index (κ1) is 12.8. The zero-order chi connectivity index (χ0) is 12.3. The maximum Gasteiger partial charge on any atom is 0.166 e. The van der Waals surface area contributed by atoms with E-state index in [1.807, 2.05) is 0 Å². The highest BCUT2D eigenvalue weighted by Gasteiger charge is 2.30. The molecule has 1 aromatic carbocycles. The minimum absolute atomic E-state index is 0.172. The van der Waals surface area contributed by atoms with Gasteiger partial charge in [-0.05, 0) is 31.0 Å². The molecule has 0 atom stereocenters. The Labute approximate surface area is 109 Å². The number of rotatable bonds is 3. The zero-order valence-corrected chi connectivity index (χ0v) is 11.2. The van der Waals surface area contributed by atoms with Crippen LogP contribution in [0.15, 0.2) is 22.7 Å². The van der Waals surface area contributed by atoms with Crippen molar-refractivity contribution in [2.24, 2.45) is 0 Å². The highest BCUT2D eigenvalue weighted by molar-refractivity contribution is 9.10. The molecule has 1 fully saturated rings. The first-order valence-corrected chi connectivity index (χ1v) is 6.69. The van der Waals surface area contributed by atoms with Crippen LogP contribution in [0, 0.1) is 5.82 Å². The molecule has 0 spiro atoms. The van der Waals surface area contributed by atoms with Crippen molar-refractivity contribution in [3.05, 3.63) is 28.5 Å². The minimum atomic E-state index is -0.780. The maximum absolute atomic E-state index is 13.5. The maximum atomic E-state index is 13.5. The molecular formula is C13H16BrFO2. The van der Waals surface area contributed by atoms with Gasteiger partial charge in [-0.1, -0.05) is 35.2 Å². The summed E-state index contributed by atoms with van der Waals surface area (Å²) in [6, 6.07) is 4.66. The second kappa shape index (κ2) is 5.36. The molecule has 17 heavy (non-hydrogen) atoms.